The van der Waals surface area contributed by atoms with Crippen LogP contribution in [-0.2, 0) is 6.42 Å². The van der Waals surface area contributed by atoms with Crippen molar-refractivity contribution in [3.8, 4) is 0 Å². The SMILES string of the molecule is Cc1ccc(CCC(N)c2ccccc2Cl)cc1. The maximum Gasteiger partial charge on any atom is 0.0453 e. The van der Waals surface area contributed by atoms with Gasteiger partial charge in [0.15, 0.2) is 0 Å². The van der Waals surface area contributed by atoms with Gasteiger partial charge in [0.1, 0.15) is 0 Å². The smallest absolute Gasteiger partial charge is 0.0453 e. The van der Waals surface area contributed by atoms with Crippen LogP contribution in [0.25, 0.3) is 0 Å². The van der Waals surface area contributed by atoms with Gasteiger partial charge in [0.2, 0.25) is 0 Å². The first-order valence-corrected chi connectivity index (χ1v) is 6.60. The average Bonchev–Trinajstić information content (AvgIpc) is 2.38. The molecule has 2 heteroatoms. The van der Waals surface area contributed by atoms with Crippen molar-refractivity contribution in [2.24, 2.45) is 5.73 Å². The summed E-state index contributed by atoms with van der Waals surface area (Å²) in [5.74, 6) is 0. The summed E-state index contributed by atoms with van der Waals surface area (Å²) in [4.78, 5) is 0. The van der Waals surface area contributed by atoms with Crippen molar-refractivity contribution >= 4 is 11.6 Å². The molecular formula is C16H18ClN. The van der Waals surface area contributed by atoms with E-state index in [2.05, 4.69) is 31.2 Å². The minimum absolute atomic E-state index is 0.00000283. The van der Waals surface area contributed by atoms with E-state index in [1.54, 1.807) is 0 Å². The minimum atomic E-state index is 0.00000283. The predicted molar refractivity (Wildman–Crippen MR) is 77.9 cm³/mol. The number of hydrogen-bond donors (Lipinski definition) is 1. The Morgan fingerprint density at radius 3 is 2.39 bits per heavy atom. The van der Waals surface area contributed by atoms with Crippen molar-refractivity contribution in [3.05, 3.63) is 70.2 Å². The van der Waals surface area contributed by atoms with Gasteiger partial charge in [-0.15, -0.1) is 0 Å². The first kappa shape index (κ1) is 13.1. The molecule has 2 aromatic rings. The lowest BCUT2D eigenvalue weighted by Crippen LogP contribution is -2.11. The number of rotatable bonds is 4. The number of benzene rings is 2. The van der Waals surface area contributed by atoms with Crippen molar-refractivity contribution in [2.45, 2.75) is 25.8 Å². The van der Waals surface area contributed by atoms with Gasteiger partial charge in [0, 0.05) is 11.1 Å². The lowest BCUT2D eigenvalue weighted by molar-refractivity contribution is 0.651. The Morgan fingerprint density at radius 1 is 1.06 bits per heavy atom. The van der Waals surface area contributed by atoms with E-state index in [1.165, 1.54) is 11.1 Å². The third kappa shape index (κ3) is 3.34. The van der Waals surface area contributed by atoms with Crippen LogP contribution >= 0.6 is 11.6 Å². The van der Waals surface area contributed by atoms with E-state index in [9.17, 15) is 0 Å². The summed E-state index contributed by atoms with van der Waals surface area (Å²) in [6.45, 7) is 2.10. The normalized spacial score (nSPS) is 12.4. The second-order valence-electron chi connectivity index (χ2n) is 4.65. The molecule has 0 aliphatic heterocycles. The van der Waals surface area contributed by atoms with Gasteiger partial charge in [-0.25, -0.2) is 0 Å². The van der Waals surface area contributed by atoms with E-state index in [4.69, 9.17) is 17.3 Å². The summed E-state index contributed by atoms with van der Waals surface area (Å²) in [6.07, 6.45) is 1.89. The van der Waals surface area contributed by atoms with Crippen molar-refractivity contribution in [2.75, 3.05) is 0 Å². The minimum Gasteiger partial charge on any atom is -0.324 e. The molecule has 1 nitrogen and oxygen atoms in total. The molecule has 1 atom stereocenters. The number of halogens is 1. The summed E-state index contributed by atoms with van der Waals surface area (Å²) < 4.78 is 0. The third-order valence-electron chi connectivity index (χ3n) is 3.17. The molecule has 0 bridgehead atoms. The van der Waals surface area contributed by atoms with Crippen molar-refractivity contribution in [3.63, 3.8) is 0 Å². The first-order chi connectivity index (χ1) is 8.66. The second-order valence-corrected chi connectivity index (χ2v) is 5.06. The van der Waals surface area contributed by atoms with Gasteiger partial charge in [-0.2, -0.15) is 0 Å². The highest BCUT2D eigenvalue weighted by atomic mass is 35.5. The maximum absolute atomic E-state index is 6.19. The molecule has 2 rings (SSSR count). The lowest BCUT2D eigenvalue weighted by atomic mass is 9.99. The van der Waals surface area contributed by atoms with Crippen LogP contribution in [0.1, 0.15) is 29.2 Å². The van der Waals surface area contributed by atoms with E-state index >= 15 is 0 Å². The van der Waals surface area contributed by atoms with E-state index < -0.39 is 0 Å². The fourth-order valence-corrected chi connectivity index (χ4v) is 2.28. The van der Waals surface area contributed by atoms with Gasteiger partial charge in [-0.1, -0.05) is 59.6 Å². The van der Waals surface area contributed by atoms with Crippen LogP contribution in [0.4, 0.5) is 0 Å². The molecule has 0 saturated heterocycles. The van der Waals surface area contributed by atoms with Gasteiger partial charge in [0.05, 0.1) is 0 Å². The largest absolute Gasteiger partial charge is 0.324 e. The molecule has 0 fully saturated rings. The van der Waals surface area contributed by atoms with E-state index in [-0.39, 0.29) is 6.04 Å². The van der Waals surface area contributed by atoms with Crippen LogP contribution in [0.5, 0.6) is 0 Å². The predicted octanol–water partition coefficient (Wildman–Crippen LogP) is 4.28. The summed E-state index contributed by atoms with van der Waals surface area (Å²) in [7, 11) is 0. The van der Waals surface area contributed by atoms with Crippen LogP contribution < -0.4 is 5.73 Å². The van der Waals surface area contributed by atoms with E-state index in [0.29, 0.717) is 0 Å². The van der Waals surface area contributed by atoms with Gasteiger partial charge >= 0.3 is 0 Å². The third-order valence-corrected chi connectivity index (χ3v) is 3.51. The summed E-state index contributed by atoms with van der Waals surface area (Å²) in [5, 5.41) is 0.758. The summed E-state index contributed by atoms with van der Waals surface area (Å²) >= 11 is 6.14. The Kier molecular flexibility index (Phi) is 4.40. The second kappa shape index (κ2) is 6.03. The molecule has 0 spiro atoms. The molecular weight excluding hydrogens is 242 g/mol. The molecule has 0 aliphatic rings. The van der Waals surface area contributed by atoms with Gasteiger partial charge in [0.25, 0.3) is 0 Å². The molecule has 1 unspecified atom stereocenters. The van der Waals surface area contributed by atoms with Crippen molar-refractivity contribution < 1.29 is 0 Å². The zero-order valence-corrected chi connectivity index (χ0v) is 11.3. The highest BCUT2D eigenvalue weighted by Crippen LogP contribution is 2.24. The molecule has 0 radical (unpaired) electrons. The molecule has 94 valence electrons. The van der Waals surface area contributed by atoms with Crippen molar-refractivity contribution in [1.29, 1.82) is 0 Å². The lowest BCUT2D eigenvalue weighted by Gasteiger charge is -2.13. The topological polar surface area (TPSA) is 26.0 Å². The van der Waals surface area contributed by atoms with Gasteiger partial charge < -0.3 is 5.73 Å². The molecule has 2 N–H and O–H groups in total. The molecule has 0 amide bonds. The summed E-state index contributed by atoms with van der Waals surface area (Å²) in [6, 6.07) is 16.4. The van der Waals surface area contributed by atoms with Crippen LogP contribution in [-0.4, -0.2) is 0 Å². The standard InChI is InChI=1S/C16H18ClN/c1-12-6-8-13(9-7-12)10-11-16(18)14-4-2-3-5-15(14)17/h2-9,16H,10-11,18H2,1H3. The van der Waals surface area contributed by atoms with E-state index in [1.807, 2.05) is 24.3 Å². The Balaban J connectivity index is 1.98. The first-order valence-electron chi connectivity index (χ1n) is 6.22. The van der Waals surface area contributed by atoms with Crippen LogP contribution in [0.3, 0.4) is 0 Å². The monoisotopic (exact) mass is 259 g/mol. The Bertz CT molecular complexity index is 505. The summed E-state index contributed by atoms with van der Waals surface area (Å²) in [5.41, 5.74) is 9.83. The number of hydrogen-bond acceptors (Lipinski definition) is 1. The van der Waals surface area contributed by atoms with Crippen LogP contribution in [0.15, 0.2) is 48.5 Å². The van der Waals surface area contributed by atoms with Crippen LogP contribution in [0, 0.1) is 6.92 Å². The highest BCUT2D eigenvalue weighted by molar-refractivity contribution is 6.31. The molecule has 0 aliphatic carbocycles. The van der Waals surface area contributed by atoms with Crippen LogP contribution in [0.2, 0.25) is 5.02 Å². The van der Waals surface area contributed by atoms with Gasteiger partial charge in [-0.05, 0) is 37.0 Å². The number of nitrogens with two attached hydrogens (primary N) is 1. The Morgan fingerprint density at radius 2 is 1.72 bits per heavy atom. The fourth-order valence-electron chi connectivity index (χ4n) is 2.01. The van der Waals surface area contributed by atoms with Gasteiger partial charge in [-0.3, -0.25) is 0 Å². The molecule has 0 saturated carbocycles. The molecule has 2 aromatic carbocycles. The number of aryl methyl sites for hydroxylation is 2. The maximum atomic E-state index is 6.19. The zero-order chi connectivity index (χ0) is 13.0. The molecule has 0 aromatic heterocycles. The molecule has 18 heavy (non-hydrogen) atoms. The Labute approximate surface area is 114 Å². The quantitative estimate of drug-likeness (QED) is 0.871. The van der Waals surface area contributed by atoms with Crippen molar-refractivity contribution in [1.82, 2.24) is 0 Å². The highest BCUT2D eigenvalue weighted by Gasteiger charge is 2.09. The fraction of sp³-hybridized carbons (Fsp3) is 0.250. The Hall–Kier alpha value is -1.31. The molecule has 0 heterocycles. The zero-order valence-electron chi connectivity index (χ0n) is 10.6. The average molecular weight is 260 g/mol. The van der Waals surface area contributed by atoms with E-state index in [0.717, 1.165) is 23.4 Å².